The molecule has 1 heterocycles. The predicted octanol–water partition coefficient (Wildman–Crippen LogP) is 2.62. The van der Waals surface area contributed by atoms with Crippen molar-refractivity contribution < 1.29 is 4.79 Å². The molecule has 1 amide bonds. The molecular weight excluding hydrogens is 423 g/mol. The molecule has 1 rings (SSSR count). The number of nitrogens with zero attached hydrogens (tertiary/aromatic N) is 1. The molecule has 1 unspecified atom stereocenters. The van der Waals surface area contributed by atoms with Gasteiger partial charge in [0.15, 0.2) is 5.96 Å². The topological polar surface area (TPSA) is 65.5 Å². The number of hydrogen-bond donors (Lipinski definition) is 3. The first-order valence-corrected chi connectivity index (χ1v) is 8.46. The van der Waals surface area contributed by atoms with Crippen LogP contribution < -0.4 is 16.0 Å². The number of aliphatic imine (C=N–C) groups is 1. The Hall–Kier alpha value is -0.830. The molecule has 0 aliphatic heterocycles. The molecule has 0 aliphatic carbocycles. The second kappa shape index (κ2) is 10.9. The minimum Gasteiger partial charge on any atom is -0.356 e. The smallest absolute Gasteiger partial charge is 0.239 e. The lowest BCUT2D eigenvalue weighted by molar-refractivity contribution is -0.121. The Labute approximate surface area is 160 Å². The molecule has 0 fully saturated rings. The van der Waals surface area contributed by atoms with Gasteiger partial charge in [0.05, 0.1) is 6.54 Å². The lowest BCUT2D eigenvalue weighted by atomic mass is 10.1. The number of carbonyl (C=O) groups excluding carboxylic acids is 1. The molecular formula is C16H29IN4OS. The fourth-order valence-electron chi connectivity index (χ4n) is 1.96. The maximum atomic E-state index is 11.8. The highest BCUT2D eigenvalue weighted by molar-refractivity contribution is 14.0. The van der Waals surface area contributed by atoms with E-state index in [-0.39, 0.29) is 42.0 Å². The molecule has 1 aromatic heterocycles. The van der Waals surface area contributed by atoms with E-state index in [0.717, 1.165) is 13.0 Å². The first-order valence-electron chi connectivity index (χ1n) is 7.58. The van der Waals surface area contributed by atoms with Gasteiger partial charge in [0.1, 0.15) is 0 Å². The van der Waals surface area contributed by atoms with E-state index in [9.17, 15) is 4.79 Å². The van der Waals surface area contributed by atoms with Crippen molar-refractivity contribution >= 4 is 47.2 Å². The van der Waals surface area contributed by atoms with Crippen LogP contribution in [-0.4, -0.2) is 37.5 Å². The standard InChI is InChI=1S/C16H28N4OS.HI/c1-12(9-13-7-6-8-22-13)10-18-15(17-5)19-11-14(21)20-16(2,3)4;/h6-8,12H,9-11H2,1-5H3,(H,20,21)(H2,17,18,19);1H. The molecule has 0 spiro atoms. The Balaban J connectivity index is 0.00000484. The zero-order chi connectivity index (χ0) is 16.6. The molecule has 0 saturated carbocycles. The van der Waals surface area contributed by atoms with Crippen LogP contribution in [0, 0.1) is 5.92 Å². The van der Waals surface area contributed by atoms with E-state index < -0.39 is 0 Å². The Morgan fingerprint density at radius 1 is 1.35 bits per heavy atom. The minimum atomic E-state index is -0.217. The van der Waals surface area contributed by atoms with Crippen molar-refractivity contribution in [1.82, 2.24) is 16.0 Å². The molecule has 23 heavy (non-hydrogen) atoms. The maximum absolute atomic E-state index is 11.8. The Morgan fingerprint density at radius 2 is 2.04 bits per heavy atom. The van der Waals surface area contributed by atoms with Crippen LogP contribution >= 0.6 is 35.3 Å². The monoisotopic (exact) mass is 452 g/mol. The summed E-state index contributed by atoms with van der Waals surface area (Å²) in [6, 6.07) is 4.24. The van der Waals surface area contributed by atoms with E-state index in [0.29, 0.717) is 11.9 Å². The van der Waals surface area contributed by atoms with Crippen LogP contribution in [0.3, 0.4) is 0 Å². The van der Waals surface area contributed by atoms with E-state index in [1.54, 1.807) is 18.4 Å². The van der Waals surface area contributed by atoms with Crippen molar-refractivity contribution in [3.8, 4) is 0 Å². The summed E-state index contributed by atoms with van der Waals surface area (Å²) < 4.78 is 0. The number of rotatable bonds is 6. The Morgan fingerprint density at radius 3 is 2.57 bits per heavy atom. The number of halogens is 1. The van der Waals surface area contributed by atoms with Gasteiger partial charge in [0.25, 0.3) is 0 Å². The van der Waals surface area contributed by atoms with Gasteiger partial charge < -0.3 is 16.0 Å². The third kappa shape index (κ3) is 10.5. The van der Waals surface area contributed by atoms with Crippen LogP contribution in [0.25, 0.3) is 0 Å². The number of amides is 1. The summed E-state index contributed by atoms with van der Waals surface area (Å²) in [5, 5.41) is 11.3. The van der Waals surface area contributed by atoms with Crippen LogP contribution in [0.5, 0.6) is 0 Å². The molecule has 0 bridgehead atoms. The number of hydrogen-bond acceptors (Lipinski definition) is 3. The van der Waals surface area contributed by atoms with Crippen LogP contribution in [0.15, 0.2) is 22.5 Å². The summed E-state index contributed by atoms with van der Waals surface area (Å²) >= 11 is 1.78. The highest BCUT2D eigenvalue weighted by atomic mass is 127. The van der Waals surface area contributed by atoms with Gasteiger partial charge >= 0.3 is 0 Å². The third-order valence-corrected chi connectivity index (χ3v) is 3.80. The van der Waals surface area contributed by atoms with Gasteiger partial charge in [-0.3, -0.25) is 9.79 Å². The average molecular weight is 452 g/mol. The van der Waals surface area contributed by atoms with E-state index in [4.69, 9.17) is 0 Å². The number of guanidine groups is 1. The second-order valence-electron chi connectivity index (χ2n) is 6.49. The lowest BCUT2D eigenvalue weighted by Gasteiger charge is -2.21. The van der Waals surface area contributed by atoms with Crippen LogP contribution in [0.2, 0.25) is 0 Å². The normalized spacial score (nSPS) is 13.0. The molecule has 0 aromatic carbocycles. The molecule has 132 valence electrons. The summed E-state index contributed by atoms with van der Waals surface area (Å²) in [7, 11) is 1.71. The van der Waals surface area contributed by atoms with Gasteiger partial charge in [-0.2, -0.15) is 0 Å². The third-order valence-electron chi connectivity index (χ3n) is 2.90. The highest BCUT2D eigenvalue weighted by Gasteiger charge is 2.13. The molecule has 7 heteroatoms. The summed E-state index contributed by atoms with van der Waals surface area (Å²) in [4.78, 5) is 17.3. The van der Waals surface area contributed by atoms with Gasteiger partial charge in [-0.05, 0) is 44.6 Å². The van der Waals surface area contributed by atoms with Gasteiger partial charge in [-0.25, -0.2) is 0 Å². The van der Waals surface area contributed by atoms with Crippen molar-refractivity contribution in [1.29, 1.82) is 0 Å². The van der Waals surface area contributed by atoms with E-state index in [1.165, 1.54) is 4.88 Å². The average Bonchev–Trinajstić information content (AvgIpc) is 2.89. The molecule has 3 N–H and O–H groups in total. The molecule has 0 radical (unpaired) electrons. The number of carbonyl (C=O) groups is 1. The van der Waals surface area contributed by atoms with Gasteiger partial charge in [0.2, 0.25) is 5.91 Å². The van der Waals surface area contributed by atoms with Crippen molar-refractivity contribution in [2.24, 2.45) is 10.9 Å². The van der Waals surface area contributed by atoms with Crippen LogP contribution in [0.1, 0.15) is 32.6 Å². The van der Waals surface area contributed by atoms with E-state index in [2.05, 4.69) is 45.4 Å². The number of thiophene rings is 1. The first-order chi connectivity index (χ1) is 10.3. The molecule has 0 saturated heterocycles. The first kappa shape index (κ1) is 22.2. The van der Waals surface area contributed by atoms with Crippen LogP contribution in [0.4, 0.5) is 0 Å². The molecule has 1 aromatic rings. The lowest BCUT2D eigenvalue weighted by Crippen LogP contribution is -2.48. The fourth-order valence-corrected chi connectivity index (χ4v) is 2.83. The van der Waals surface area contributed by atoms with Gasteiger partial charge in [-0.1, -0.05) is 13.0 Å². The largest absolute Gasteiger partial charge is 0.356 e. The van der Waals surface area contributed by atoms with E-state index >= 15 is 0 Å². The highest BCUT2D eigenvalue weighted by Crippen LogP contribution is 2.13. The SMILES string of the molecule is CN=C(NCC(=O)NC(C)(C)C)NCC(C)Cc1cccs1.I. The van der Waals surface area contributed by atoms with Crippen molar-refractivity contribution in [2.45, 2.75) is 39.7 Å². The molecule has 5 nitrogen and oxygen atoms in total. The molecule has 1 atom stereocenters. The van der Waals surface area contributed by atoms with Crippen molar-refractivity contribution in [2.75, 3.05) is 20.1 Å². The predicted molar refractivity (Wildman–Crippen MR) is 110 cm³/mol. The Kier molecular flexibility index (Phi) is 10.5. The minimum absolute atomic E-state index is 0. The fraction of sp³-hybridized carbons (Fsp3) is 0.625. The van der Waals surface area contributed by atoms with E-state index in [1.807, 2.05) is 20.8 Å². The summed E-state index contributed by atoms with van der Waals surface area (Å²) in [6.07, 6.45) is 1.05. The zero-order valence-corrected chi connectivity index (χ0v) is 17.7. The zero-order valence-electron chi connectivity index (χ0n) is 14.6. The van der Waals surface area contributed by atoms with Gasteiger partial charge in [0, 0.05) is 24.0 Å². The second-order valence-corrected chi connectivity index (χ2v) is 7.53. The maximum Gasteiger partial charge on any atom is 0.239 e. The van der Waals surface area contributed by atoms with Gasteiger partial charge in [-0.15, -0.1) is 35.3 Å². The summed E-state index contributed by atoms with van der Waals surface area (Å²) in [5.41, 5.74) is -0.217. The van der Waals surface area contributed by atoms with Crippen molar-refractivity contribution in [3.63, 3.8) is 0 Å². The summed E-state index contributed by atoms with van der Waals surface area (Å²) in [6.45, 7) is 9.12. The number of nitrogens with one attached hydrogen (secondary N) is 3. The summed E-state index contributed by atoms with van der Waals surface area (Å²) in [5.74, 6) is 1.12. The Bertz CT molecular complexity index is 483. The van der Waals surface area contributed by atoms with Crippen LogP contribution in [-0.2, 0) is 11.2 Å². The van der Waals surface area contributed by atoms with Crippen molar-refractivity contribution in [3.05, 3.63) is 22.4 Å². The molecule has 0 aliphatic rings. The quantitative estimate of drug-likeness (QED) is 0.353.